The summed E-state index contributed by atoms with van der Waals surface area (Å²) >= 11 is 0. The van der Waals surface area contributed by atoms with E-state index in [4.69, 9.17) is 0 Å². The Balaban J connectivity index is 2.05. The largest absolute Gasteiger partial charge is 0.372 e. The molecule has 0 saturated carbocycles. The molecular formula is C26H28N2O2. The van der Waals surface area contributed by atoms with E-state index in [1.165, 1.54) is 0 Å². The number of benzene rings is 3. The second kappa shape index (κ2) is 9.51. The number of nitrogens with one attached hydrogen (secondary N) is 1. The highest BCUT2D eigenvalue weighted by Crippen LogP contribution is 2.34. The zero-order chi connectivity index (χ0) is 21.6. The number of hydrazone groups is 1. The first-order valence-electron chi connectivity index (χ1n) is 10.3. The van der Waals surface area contributed by atoms with Crippen molar-refractivity contribution in [2.45, 2.75) is 39.2 Å². The van der Waals surface area contributed by atoms with Crippen LogP contribution in [0.2, 0.25) is 0 Å². The molecule has 0 aliphatic heterocycles. The van der Waals surface area contributed by atoms with Crippen LogP contribution in [0.5, 0.6) is 0 Å². The fourth-order valence-electron chi connectivity index (χ4n) is 3.68. The number of rotatable bonds is 7. The Labute approximate surface area is 178 Å². The van der Waals surface area contributed by atoms with Gasteiger partial charge >= 0.3 is 0 Å². The number of hydrogen-bond acceptors (Lipinski definition) is 3. The highest BCUT2D eigenvalue weighted by molar-refractivity contribution is 6.01. The lowest BCUT2D eigenvalue weighted by molar-refractivity contribution is -0.136. The molecule has 0 saturated heterocycles. The molecule has 0 unspecified atom stereocenters. The highest BCUT2D eigenvalue weighted by Gasteiger charge is 2.42. The van der Waals surface area contributed by atoms with Crippen LogP contribution in [0.25, 0.3) is 0 Å². The average molecular weight is 401 g/mol. The first-order valence-corrected chi connectivity index (χ1v) is 10.3. The topological polar surface area (TPSA) is 61.7 Å². The summed E-state index contributed by atoms with van der Waals surface area (Å²) in [6, 6.07) is 24.6. The van der Waals surface area contributed by atoms with Crippen molar-refractivity contribution in [3.63, 3.8) is 0 Å². The van der Waals surface area contributed by atoms with Crippen LogP contribution in [0, 0.1) is 13.8 Å². The molecule has 0 bridgehead atoms. The van der Waals surface area contributed by atoms with Gasteiger partial charge in [0.25, 0.3) is 5.91 Å². The maximum atomic E-state index is 13.4. The summed E-state index contributed by atoms with van der Waals surface area (Å²) in [5.74, 6) is -0.573. The molecule has 0 atom stereocenters. The fraction of sp³-hybridized carbons (Fsp3) is 0.231. The van der Waals surface area contributed by atoms with Gasteiger partial charge in [0, 0.05) is 11.1 Å². The molecule has 3 aromatic carbocycles. The molecule has 30 heavy (non-hydrogen) atoms. The van der Waals surface area contributed by atoms with Crippen molar-refractivity contribution in [1.29, 1.82) is 0 Å². The second-order valence-corrected chi connectivity index (χ2v) is 7.46. The van der Waals surface area contributed by atoms with Crippen LogP contribution in [-0.4, -0.2) is 16.7 Å². The Bertz CT molecular complexity index is 996. The van der Waals surface area contributed by atoms with Crippen LogP contribution in [0.4, 0.5) is 0 Å². The van der Waals surface area contributed by atoms with E-state index in [9.17, 15) is 9.90 Å². The van der Waals surface area contributed by atoms with E-state index >= 15 is 0 Å². The van der Waals surface area contributed by atoms with Crippen LogP contribution in [0.1, 0.15) is 47.6 Å². The van der Waals surface area contributed by atoms with Crippen molar-refractivity contribution in [2.24, 2.45) is 5.10 Å². The zero-order valence-electron chi connectivity index (χ0n) is 17.7. The second-order valence-electron chi connectivity index (χ2n) is 7.46. The van der Waals surface area contributed by atoms with Gasteiger partial charge in [-0.1, -0.05) is 92.2 Å². The lowest BCUT2D eigenvalue weighted by atomic mass is 9.81. The monoisotopic (exact) mass is 400 g/mol. The third-order valence-electron chi connectivity index (χ3n) is 5.28. The number of carbonyl (C=O) groups is 1. The van der Waals surface area contributed by atoms with Crippen molar-refractivity contribution in [3.8, 4) is 0 Å². The van der Waals surface area contributed by atoms with E-state index < -0.39 is 11.5 Å². The van der Waals surface area contributed by atoms with Gasteiger partial charge in [0.15, 0.2) is 5.60 Å². The predicted octanol–water partition coefficient (Wildman–Crippen LogP) is 4.86. The van der Waals surface area contributed by atoms with Gasteiger partial charge < -0.3 is 5.11 Å². The third kappa shape index (κ3) is 4.34. The predicted molar refractivity (Wildman–Crippen MR) is 121 cm³/mol. The summed E-state index contributed by atoms with van der Waals surface area (Å²) in [6.45, 7) is 5.85. The Morgan fingerprint density at radius 2 is 1.37 bits per heavy atom. The van der Waals surface area contributed by atoms with E-state index in [0.29, 0.717) is 11.1 Å². The molecule has 0 aliphatic rings. The van der Waals surface area contributed by atoms with Crippen LogP contribution in [0.3, 0.4) is 0 Å². The third-order valence-corrected chi connectivity index (χ3v) is 5.28. The van der Waals surface area contributed by atoms with E-state index in [1.54, 1.807) is 12.1 Å². The number of aryl methyl sites for hydroxylation is 2. The van der Waals surface area contributed by atoms with E-state index in [1.807, 2.05) is 80.6 Å². The van der Waals surface area contributed by atoms with E-state index in [-0.39, 0.29) is 0 Å². The molecule has 4 nitrogen and oxygen atoms in total. The number of carbonyl (C=O) groups excluding carboxylic acids is 1. The highest BCUT2D eigenvalue weighted by atomic mass is 16.3. The summed E-state index contributed by atoms with van der Waals surface area (Å²) < 4.78 is 0. The Morgan fingerprint density at radius 1 is 0.867 bits per heavy atom. The lowest BCUT2D eigenvalue weighted by Crippen LogP contribution is -2.45. The van der Waals surface area contributed by atoms with E-state index in [0.717, 1.165) is 35.2 Å². The van der Waals surface area contributed by atoms with E-state index in [2.05, 4.69) is 17.5 Å². The molecule has 2 N–H and O–H groups in total. The summed E-state index contributed by atoms with van der Waals surface area (Å²) in [5.41, 5.74) is 5.29. The van der Waals surface area contributed by atoms with Gasteiger partial charge in [0.05, 0.1) is 5.71 Å². The minimum absolute atomic E-state index is 0.545. The number of hydrogen-bond donors (Lipinski definition) is 2. The Hall–Kier alpha value is -3.24. The molecule has 0 fully saturated rings. The molecule has 4 heteroatoms. The van der Waals surface area contributed by atoms with Gasteiger partial charge in [0.1, 0.15) is 0 Å². The van der Waals surface area contributed by atoms with Crippen molar-refractivity contribution in [2.75, 3.05) is 0 Å². The van der Waals surface area contributed by atoms with Crippen LogP contribution in [0.15, 0.2) is 84.0 Å². The van der Waals surface area contributed by atoms with Gasteiger partial charge in [-0.05, 0) is 37.0 Å². The summed E-state index contributed by atoms with van der Waals surface area (Å²) in [6.07, 6.45) is 1.61. The van der Waals surface area contributed by atoms with Gasteiger partial charge in [0.2, 0.25) is 0 Å². The Kier molecular flexibility index (Phi) is 6.80. The van der Waals surface area contributed by atoms with Crippen LogP contribution >= 0.6 is 0 Å². The van der Waals surface area contributed by atoms with Crippen molar-refractivity contribution in [3.05, 3.63) is 107 Å². The normalized spacial score (nSPS) is 11.9. The fourth-order valence-corrected chi connectivity index (χ4v) is 3.68. The molecule has 1 amide bonds. The number of nitrogens with zero attached hydrogens (tertiary/aromatic N) is 1. The smallest absolute Gasteiger partial charge is 0.281 e. The maximum absolute atomic E-state index is 13.4. The molecule has 0 heterocycles. The minimum Gasteiger partial charge on any atom is -0.372 e. The average Bonchev–Trinajstić information content (AvgIpc) is 2.77. The summed E-state index contributed by atoms with van der Waals surface area (Å²) in [4.78, 5) is 13.4. The van der Waals surface area contributed by atoms with Crippen molar-refractivity contribution < 1.29 is 9.90 Å². The van der Waals surface area contributed by atoms with Gasteiger partial charge in [-0.15, -0.1) is 0 Å². The molecule has 0 spiro atoms. The van der Waals surface area contributed by atoms with Crippen LogP contribution < -0.4 is 5.43 Å². The SMILES string of the molecule is CCC/C(=N\NC(=O)C(O)(c1ccccc1C)c1ccccc1C)c1ccccc1. The molecule has 0 aromatic heterocycles. The zero-order valence-corrected chi connectivity index (χ0v) is 17.7. The summed E-state index contributed by atoms with van der Waals surface area (Å²) in [7, 11) is 0. The van der Waals surface area contributed by atoms with Gasteiger partial charge in [-0.25, -0.2) is 5.43 Å². The first-order chi connectivity index (χ1) is 14.5. The molecule has 154 valence electrons. The van der Waals surface area contributed by atoms with Gasteiger partial charge in [-0.3, -0.25) is 4.79 Å². The maximum Gasteiger partial charge on any atom is 0.281 e. The molecule has 3 rings (SSSR count). The van der Waals surface area contributed by atoms with Crippen molar-refractivity contribution in [1.82, 2.24) is 5.43 Å². The quantitative estimate of drug-likeness (QED) is 0.439. The molecule has 0 radical (unpaired) electrons. The lowest BCUT2D eigenvalue weighted by Gasteiger charge is -2.30. The Morgan fingerprint density at radius 3 is 1.87 bits per heavy atom. The molecule has 3 aromatic rings. The number of amides is 1. The van der Waals surface area contributed by atoms with Crippen LogP contribution in [-0.2, 0) is 10.4 Å². The molecule has 0 aliphatic carbocycles. The molecular weight excluding hydrogens is 372 g/mol. The standard InChI is InChI=1S/C26H28N2O2/c1-4-12-24(21-15-6-5-7-16-21)27-28-25(29)26(30,22-17-10-8-13-19(22)2)23-18-11-9-14-20(23)3/h5-11,13-18,30H,4,12H2,1-3H3,(H,28,29)/b27-24+. The van der Waals surface area contributed by atoms with Gasteiger partial charge in [-0.2, -0.15) is 5.10 Å². The minimum atomic E-state index is -1.85. The van der Waals surface area contributed by atoms with Crippen molar-refractivity contribution >= 4 is 11.6 Å². The summed E-state index contributed by atoms with van der Waals surface area (Å²) in [5, 5.41) is 16.2. The number of aliphatic hydroxyl groups is 1. The first kappa shape index (κ1) is 21.5.